The molecular weight excluding hydrogens is 785 g/mol. The van der Waals surface area contributed by atoms with Crippen molar-refractivity contribution in [3.8, 4) is 11.3 Å². The summed E-state index contributed by atoms with van der Waals surface area (Å²) in [6, 6.07) is 36.6. The van der Waals surface area contributed by atoms with Gasteiger partial charge in [0.2, 0.25) is 0 Å². The van der Waals surface area contributed by atoms with E-state index in [0.717, 1.165) is 22.0 Å². The van der Waals surface area contributed by atoms with Crippen LogP contribution in [0, 0.1) is 0 Å². The maximum atomic E-state index is 5.52. The molecule has 0 N–H and O–H groups in total. The number of para-hydroxylation sites is 1. The Bertz CT molecular complexity index is 1730. The van der Waals surface area contributed by atoms with Gasteiger partial charge in [0.05, 0.1) is 10.7 Å². The van der Waals surface area contributed by atoms with E-state index in [4.69, 9.17) is 10.3 Å². The van der Waals surface area contributed by atoms with Gasteiger partial charge in [-0.3, -0.25) is 0 Å². The molecule has 0 saturated heterocycles. The Labute approximate surface area is 318 Å². The quantitative estimate of drug-likeness (QED) is 0.117. The van der Waals surface area contributed by atoms with Crippen LogP contribution in [-0.2, 0) is 25.8 Å². The van der Waals surface area contributed by atoms with Crippen molar-refractivity contribution in [1.29, 1.82) is 0 Å². The van der Waals surface area contributed by atoms with Gasteiger partial charge in [0.1, 0.15) is 0 Å². The fourth-order valence-corrected chi connectivity index (χ4v) is 6.39. The predicted molar refractivity (Wildman–Crippen MR) is 214 cm³/mol. The van der Waals surface area contributed by atoms with Crippen LogP contribution < -0.4 is 0 Å². The molecule has 6 aromatic rings. The molecule has 0 saturated carbocycles. The van der Waals surface area contributed by atoms with Gasteiger partial charge in [0, 0.05) is 36.8 Å². The van der Waals surface area contributed by atoms with Crippen molar-refractivity contribution < 1.29 is 25.8 Å². The van der Waals surface area contributed by atoms with Gasteiger partial charge in [0.15, 0.2) is 0 Å². The molecule has 5 nitrogen and oxygen atoms in total. The van der Waals surface area contributed by atoms with Gasteiger partial charge in [-0.15, -0.1) is 17.0 Å². The minimum Gasteiger partial charge on any atom is -0.672 e. The molecule has 5 aromatic carbocycles. The van der Waals surface area contributed by atoms with Crippen molar-refractivity contribution in [1.82, 2.24) is 4.98 Å². The maximum Gasteiger partial charge on any atom is 0.0831 e. The molecule has 0 aliphatic rings. The fourth-order valence-electron chi connectivity index (χ4n) is 5.52. The monoisotopic (exact) mass is 837 g/mol. The van der Waals surface area contributed by atoms with Crippen LogP contribution in [0.15, 0.2) is 109 Å². The molecule has 1 aromatic heterocycles. The normalized spacial score (nSPS) is 11.0. The van der Waals surface area contributed by atoms with Gasteiger partial charge in [-0.2, -0.15) is 42.3 Å². The Morgan fingerprint density at radius 2 is 1.02 bits per heavy atom. The summed E-state index contributed by atoms with van der Waals surface area (Å²) < 4.78 is 0. The number of rotatable bonds is 7. The number of benzene rings is 5. The molecule has 1 heterocycles. The number of thiazole rings is 1. The zero-order chi connectivity index (χ0) is 35.1. The Kier molecular flexibility index (Phi) is 18.7. The third-order valence-corrected chi connectivity index (χ3v) is 8.40. The van der Waals surface area contributed by atoms with Gasteiger partial charge >= 0.3 is 0 Å². The summed E-state index contributed by atoms with van der Waals surface area (Å²) in [7, 11) is 10.5. The third-order valence-electron chi connectivity index (χ3n) is 7.50. The van der Waals surface area contributed by atoms with Crippen LogP contribution in [-0.4, -0.2) is 47.3 Å². The van der Waals surface area contributed by atoms with Crippen LogP contribution in [0.1, 0.15) is 67.3 Å². The number of hydrogen-bond acceptors (Lipinski definition) is 2. The third kappa shape index (κ3) is 11.1. The first-order chi connectivity index (χ1) is 23.3. The summed E-state index contributed by atoms with van der Waals surface area (Å²) in [5, 5.41) is 24.2. The molecule has 258 valence electrons. The Morgan fingerprint density at radius 1 is 0.571 bits per heavy atom. The van der Waals surface area contributed by atoms with Gasteiger partial charge in [-0.05, 0) is 45.5 Å². The number of aromatic nitrogens is 1. The first-order valence-corrected chi connectivity index (χ1v) is 17.3. The molecule has 0 aliphatic heterocycles. The molecule has 7 heteroatoms. The van der Waals surface area contributed by atoms with Gasteiger partial charge in [-0.1, -0.05) is 141 Å². The number of hydrogen-bond donors (Lipinski definition) is 0. The molecule has 1 unspecified atom stereocenters. The molecule has 6 rings (SSSR count). The average Bonchev–Trinajstić information content (AvgIpc) is 3.56. The summed E-state index contributed by atoms with van der Waals surface area (Å²) in [5.41, 5.74) is 7.07. The molecule has 0 bridgehead atoms. The number of fused-ring (bicyclic) bond motifs is 2. The second kappa shape index (κ2) is 21.8. The molecule has 1 atom stereocenters. The standard InChI is InChI=1S/C36H33N2S.3C2H6N.Hf/c1-23(2)28-19-12-20-29(24(3)4)35(28)38-34(25-13-6-5-7-14-25)36-37-32(22-39-36)33-30-17-10-8-15-26(30)21-27-16-9-11-18-31(27)33;3*1-3-2;/h5-24,34H,1-4H3;3*1-2H3;/q4*-1;. The second-order valence-electron chi connectivity index (χ2n) is 12.1. The van der Waals surface area contributed by atoms with Crippen LogP contribution in [0.4, 0.5) is 5.69 Å². The summed E-state index contributed by atoms with van der Waals surface area (Å²) in [5.74, 6) is 0.764. The molecular formula is C42H51HfN5S-4. The van der Waals surface area contributed by atoms with Crippen LogP contribution in [0.5, 0.6) is 0 Å². The van der Waals surface area contributed by atoms with E-state index in [2.05, 4.69) is 152 Å². The van der Waals surface area contributed by atoms with Gasteiger partial charge < -0.3 is 21.3 Å². The summed E-state index contributed by atoms with van der Waals surface area (Å²) in [4.78, 5) is 5.33. The van der Waals surface area contributed by atoms with Crippen LogP contribution in [0.3, 0.4) is 0 Å². The van der Waals surface area contributed by atoms with Crippen LogP contribution in [0.2, 0.25) is 0 Å². The van der Waals surface area contributed by atoms with E-state index in [1.165, 1.54) is 38.2 Å². The van der Waals surface area contributed by atoms with Crippen molar-refractivity contribution in [3.05, 3.63) is 151 Å². The first-order valence-electron chi connectivity index (χ1n) is 16.4. The van der Waals surface area contributed by atoms with Crippen molar-refractivity contribution in [3.63, 3.8) is 0 Å². The van der Waals surface area contributed by atoms with Crippen LogP contribution in [0.25, 0.3) is 54.1 Å². The van der Waals surface area contributed by atoms with Crippen molar-refractivity contribution in [2.45, 2.75) is 45.6 Å². The van der Waals surface area contributed by atoms with E-state index in [1.54, 1.807) is 53.6 Å². The summed E-state index contributed by atoms with van der Waals surface area (Å²) in [6.07, 6.45) is 0. The van der Waals surface area contributed by atoms with Crippen molar-refractivity contribution >= 4 is 38.6 Å². The largest absolute Gasteiger partial charge is 0.672 e. The molecule has 0 aliphatic carbocycles. The average molecular weight is 836 g/mol. The zero-order valence-electron chi connectivity index (χ0n) is 30.8. The second-order valence-corrected chi connectivity index (χ2v) is 13.0. The Morgan fingerprint density at radius 3 is 1.49 bits per heavy atom. The fraction of sp³-hybridized carbons (Fsp3) is 0.310. The topological polar surface area (TPSA) is 69.3 Å². The minimum atomic E-state index is -0.177. The van der Waals surface area contributed by atoms with Gasteiger partial charge in [-0.25, -0.2) is 4.98 Å². The van der Waals surface area contributed by atoms with Gasteiger partial charge in [0.25, 0.3) is 0 Å². The van der Waals surface area contributed by atoms with E-state index < -0.39 is 0 Å². The van der Waals surface area contributed by atoms with Crippen molar-refractivity contribution in [2.24, 2.45) is 0 Å². The van der Waals surface area contributed by atoms with E-state index in [-0.39, 0.29) is 31.9 Å². The predicted octanol–water partition coefficient (Wildman–Crippen LogP) is 13.0. The number of nitrogens with zero attached hydrogens (tertiary/aromatic N) is 5. The van der Waals surface area contributed by atoms with E-state index >= 15 is 0 Å². The Balaban J connectivity index is 0.000000755. The molecule has 0 amide bonds. The molecule has 0 radical (unpaired) electrons. The molecule has 0 fully saturated rings. The smallest absolute Gasteiger partial charge is 0.0831 e. The summed E-state index contributed by atoms with van der Waals surface area (Å²) >= 11 is 1.71. The zero-order valence-corrected chi connectivity index (χ0v) is 35.2. The minimum absolute atomic E-state index is 0. The van der Waals surface area contributed by atoms with Crippen LogP contribution >= 0.6 is 11.3 Å². The SMILES string of the molecule is CC(C)c1cccc(C(C)C)c1[N-]C(c1ccccc1)c1nc(-c2c3ccccc3cc3ccccc23)cs1.C[N-]C.C[N-]C.C[N-]C.[Hf]. The van der Waals surface area contributed by atoms with E-state index in [1.807, 2.05) is 0 Å². The maximum absolute atomic E-state index is 5.52. The first kappa shape index (κ1) is 42.0. The molecule has 49 heavy (non-hydrogen) atoms. The van der Waals surface area contributed by atoms with E-state index in [0.29, 0.717) is 11.8 Å². The van der Waals surface area contributed by atoms with Crippen molar-refractivity contribution in [2.75, 3.05) is 42.3 Å². The Hall–Kier alpha value is -3.20. The van der Waals surface area contributed by atoms with E-state index in [9.17, 15) is 0 Å². The molecule has 0 spiro atoms. The summed E-state index contributed by atoms with van der Waals surface area (Å²) in [6.45, 7) is 9.01.